The van der Waals surface area contributed by atoms with E-state index in [0.717, 1.165) is 11.0 Å². The zero-order chi connectivity index (χ0) is 19.5. The Hall–Kier alpha value is -2.32. The van der Waals surface area contributed by atoms with Gasteiger partial charge in [-0.05, 0) is 50.9 Å². The minimum Gasteiger partial charge on any atom is -0.400 e. The number of urea groups is 1. The van der Waals surface area contributed by atoms with E-state index in [1.807, 2.05) is 45.9 Å². The first-order valence-electron chi connectivity index (χ1n) is 8.47. The highest BCUT2D eigenvalue weighted by molar-refractivity contribution is 6.56. The fourth-order valence-corrected chi connectivity index (χ4v) is 2.44. The molecule has 0 aliphatic carbocycles. The number of nitrogens with two attached hydrogens (primary N) is 1. The van der Waals surface area contributed by atoms with E-state index in [9.17, 15) is 9.59 Å². The number of anilines is 1. The summed E-state index contributed by atoms with van der Waals surface area (Å²) in [5, 5.41) is 5.31. The van der Waals surface area contributed by atoms with Crippen LogP contribution in [0.1, 0.15) is 40.2 Å². The highest BCUT2D eigenvalue weighted by Crippen LogP contribution is 2.38. The maximum Gasteiger partial charge on any atom is 0.492 e. The zero-order valence-electron chi connectivity index (χ0n) is 15.9. The van der Waals surface area contributed by atoms with E-state index < -0.39 is 24.4 Å². The van der Waals surface area contributed by atoms with Crippen molar-refractivity contribution >= 4 is 30.8 Å². The Kier molecular flexibility index (Phi) is 5.78. The molecule has 0 aromatic heterocycles. The number of primary amides is 1. The van der Waals surface area contributed by atoms with Crippen molar-refractivity contribution in [2.24, 2.45) is 5.73 Å². The molecule has 0 bridgehead atoms. The molecule has 1 aromatic carbocycles. The summed E-state index contributed by atoms with van der Waals surface area (Å²) >= 11 is 0. The maximum absolute atomic E-state index is 11.3. The molecule has 1 aromatic rings. The number of carbonyl (C=O) groups excluding carboxylic acids is 2. The van der Waals surface area contributed by atoms with Gasteiger partial charge in [0, 0.05) is 19.2 Å². The van der Waals surface area contributed by atoms with Crippen LogP contribution >= 0.6 is 0 Å². The first kappa shape index (κ1) is 20.0. The molecule has 2 rings (SSSR count). The summed E-state index contributed by atoms with van der Waals surface area (Å²) in [5.41, 5.74) is 6.46. The van der Waals surface area contributed by atoms with E-state index in [1.54, 1.807) is 12.1 Å². The Balaban J connectivity index is 2.25. The number of carbonyl (C=O) groups is 2. The third-order valence-corrected chi connectivity index (χ3v) is 4.63. The molecule has 7 nitrogen and oxygen atoms in total. The lowest BCUT2D eigenvalue weighted by Gasteiger charge is -2.32. The van der Waals surface area contributed by atoms with Crippen LogP contribution in [0.15, 0.2) is 29.7 Å². The lowest BCUT2D eigenvalue weighted by Crippen LogP contribution is -2.41. The Morgan fingerprint density at radius 1 is 1.12 bits per heavy atom. The van der Waals surface area contributed by atoms with Gasteiger partial charge >= 0.3 is 13.1 Å². The van der Waals surface area contributed by atoms with Gasteiger partial charge in [-0.1, -0.05) is 18.2 Å². The fourth-order valence-electron chi connectivity index (χ4n) is 2.44. The maximum atomic E-state index is 11.3. The van der Waals surface area contributed by atoms with Crippen LogP contribution in [0.25, 0.3) is 6.08 Å². The minimum absolute atomic E-state index is 0.131. The lowest BCUT2D eigenvalue weighted by molar-refractivity contribution is -0.118. The van der Waals surface area contributed by atoms with Gasteiger partial charge < -0.3 is 25.7 Å². The van der Waals surface area contributed by atoms with Gasteiger partial charge in [-0.15, -0.1) is 0 Å². The molecule has 0 atom stereocenters. The molecule has 0 saturated carbocycles. The monoisotopic (exact) mass is 359 g/mol. The smallest absolute Gasteiger partial charge is 0.400 e. The van der Waals surface area contributed by atoms with E-state index in [1.165, 1.54) is 6.92 Å². The summed E-state index contributed by atoms with van der Waals surface area (Å²) in [7, 11) is -0.560. The molecule has 3 amide bonds. The number of hydrogen-bond acceptors (Lipinski definition) is 4. The van der Waals surface area contributed by atoms with Gasteiger partial charge in [0.15, 0.2) is 0 Å². The van der Waals surface area contributed by atoms with Crippen LogP contribution in [-0.4, -0.2) is 36.8 Å². The molecular weight excluding hydrogens is 333 g/mol. The van der Waals surface area contributed by atoms with Crippen LogP contribution in [-0.2, 0) is 14.1 Å². The standard InChI is InChI=1S/C18H26BN3O4/c1-12(23)21-11-14(19-25-17(2,3)18(4,5)26-19)10-13-6-8-15(9-7-13)22-16(20)24/h6-10H,11H2,1-5H3,(H,21,23)(H3,20,22,24). The molecule has 1 saturated heterocycles. The second kappa shape index (κ2) is 7.51. The average Bonchev–Trinajstić information content (AvgIpc) is 2.72. The highest BCUT2D eigenvalue weighted by atomic mass is 16.7. The molecule has 0 unspecified atom stereocenters. The Morgan fingerprint density at radius 3 is 2.12 bits per heavy atom. The van der Waals surface area contributed by atoms with Gasteiger partial charge in [-0.2, -0.15) is 0 Å². The molecule has 26 heavy (non-hydrogen) atoms. The molecule has 0 spiro atoms. The van der Waals surface area contributed by atoms with Crippen molar-refractivity contribution in [3.63, 3.8) is 0 Å². The average molecular weight is 359 g/mol. The van der Waals surface area contributed by atoms with Crippen LogP contribution in [0, 0.1) is 0 Å². The van der Waals surface area contributed by atoms with Gasteiger partial charge in [-0.25, -0.2) is 4.79 Å². The summed E-state index contributed by atoms with van der Waals surface area (Å²) in [6.07, 6.45) is 1.91. The van der Waals surface area contributed by atoms with Crippen molar-refractivity contribution in [1.82, 2.24) is 5.32 Å². The van der Waals surface area contributed by atoms with Gasteiger partial charge in [0.05, 0.1) is 11.2 Å². The number of hydrogen-bond donors (Lipinski definition) is 3. The minimum atomic E-state index is -0.614. The summed E-state index contributed by atoms with van der Waals surface area (Å²) in [6.45, 7) is 9.70. The molecule has 140 valence electrons. The predicted octanol–water partition coefficient (Wildman–Crippen LogP) is 2.33. The first-order valence-corrected chi connectivity index (χ1v) is 8.47. The topological polar surface area (TPSA) is 103 Å². The number of amides is 3. The number of rotatable bonds is 5. The third kappa shape index (κ3) is 4.86. The Morgan fingerprint density at radius 2 is 1.65 bits per heavy atom. The van der Waals surface area contributed by atoms with Crippen molar-refractivity contribution in [2.75, 3.05) is 11.9 Å². The number of nitrogens with one attached hydrogen (secondary N) is 2. The normalized spacial score (nSPS) is 18.5. The summed E-state index contributed by atoms with van der Waals surface area (Å²) in [5.74, 6) is -0.131. The van der Waals surface area contributed by atoms with Gasteiger partial charge in [0.1, 0.15) is 0 Å². The van der Waals surface area contributed by atoms with Crippen molar-refractivity contribution < 1.29 is 18.9 Å². The van der Waals surface area contributed by atoms with Crippen LogP contribution in [0.5, 0.6) is 0 Å². The highest BCUT2D eigenvalue weighted by Gasteiger charge is 2.52. The van der Waals surface area contributed by atoms with Crippen LogP contribution in [0.4, 0.5) is 10.5 Å². The van der Waals surface area contributed by atoms with Crippen molar-refractivity contribution in [2.45, 2.75) is 45.8 Å². The van der Waals surface area contributed by atoms with E-state index in [2.05, 4.69) is 10.6 Å². The molecular formula is C18H26BN3O4. The lowest BCUT2D eigenvalue weighted by atomic mass is 9.77. The molecule has 1 aliphatic rings. The van der Waals surface area contributed by atoms with Gasteiger partial charge in [0.2, 0.25) is 5.91 Å². The first-order chi connectivity index (χ1) is 12.0. The second-order valence-corrected chi connectivity index (χ2v) is 7.33. The van der Waals surface area contributed by atoms with Crippen LogP contribution < -0.4 is 16.4 Å². The van der Waals surface area contributed by atoms with Crippen molar-refractivity contribution in [3.8, 4) is 0 Å². The molecule has 1 heterocycles. The van der Waals surface area contributed by atoms with E-state index in [-0.39, 0.29) is 5.91 Å². The van der Waals surface area contributed by atoms with E-state index >= 15 is 0 Å². The predicted molar refractivity (Wildman–Crippen MR) is 102 cm³/mol. The quantitative estimate of drug-likeness (QED) is 0.702. The molecule has 4 N–H and O–H groups in total. The largest absolute Gasteiger partial charge is 0.492 e. The molecule has 1 aliphatic heterocycles. The van der Waals surface area contributed by atoms with Gasteiger partial charge in [0.25, 0.3) is 0 Å². The second-order valence-electron chi connectivity index (χ2n) is 7.33. The summed E-state index contributed by atoms with van der Waals surface area (Å²) in [6, 6.07) is 6.55. The molecule has 0 radical (unpaired) electrons. The van der Waals surface area contributed by atoms with Crippen molar-refractivity contribution in [1.29, 1.82) is 0 Å². The van der Waals surface area contributed by atoms with Crippen molar-refractivity contribution in [3.05, 3.63) is 35.3 Å². The summed E-state index contributed by atoms with van der Waals surface area (Å²) < 4.78 is 12.2. The molecule has 1 fully saturated rings. The SMILES string of the molecule is CC(=O)NCC(=Cc1ccc(NC(N)=O)cc1)B1OC(C)(C)C(C)(C)O1. The zero-order valence-corrected chi connectivity index (χ0v) is 15.9. The Bertz CT molecular complexity index is 698. The van der Waals surface area contributed by atoms with Gasteiger partial charge in [-0.3, -0.25) is 4.79 Å². The third-order valence-electron chi connectivity index (χ3n) is 4.63. The molecule has 8 heteroatoms. The van der Waals surface area contributed by atoms with Crippen LogP contribution in [0.2, 0.25) is 0 Å². The Labute approximate surface area is 154 Å². The van der Waals surface area contributed by atoms with Crippen LogP contribution in [0.3, 0.4) is 0 Å². The van der Waals surface area contributed by atoms with E-state index in [0.29, 0.717) is 12.2 Å². The fraction of sp³-hybridized carbons (Fsp3) is 0.444. The number of benzene rings is 1. The summed E-state index contributed by atoms with van der Waals surface area (Å²) in [4.78, 5) is 22.2. The van der Waals surface area contributed by atoms with E-state index in [4.69, 9.17) is 15.0 Å².